The molecule has 0 saturated carbocycles. The van der Waals surface area contributed by atoms with Gasteiger partial charge in [-0.15, -0.1) is 0 Å². The number of imidazole rings is 1. The van der Waals surface area contributed by atoms with Gasteiger partial charge in [0.15, 0.2) is 5.78 Å². The number of rotatable bonds is 2. The number of hydrogen-bond donors (Lipinski definition) is 0. The van der Waals surface area contributed by atoms with Crippen molar-refractivity contribution in [3.05, 3.63) is 36.3 Å². The van der Waals surface area contributed by atoms with Gasteiger partial charge in [0.05, 0.1) is 0 Å². The normalized spacial score (nSPS) is 29.9. The van der Waals surface area contributed by atoms with Gasteiger partial charge in [-0.3, -0.25) is 4.79 Å². The summed E-state index contributed by atoms with van der Waals surface area (Å²) in [7, 11) is 2.21. The first-order valence-corrected chi connectivity index (χ1v) is 7.41. The molecule has 0 N–H and O–H groups in total. The Labute approximate surface area is 118 Å². The van der Waals surface area contributed by atoms with Crippen molar-refractivity contribution < 1.29 is 4.79 Å². The number of piperidine rings is 1. The minimum atomic E-state index is 0.195. The summed E-state index contributed by atoms with van der Waals surface area (Å²) in [6, 6.07) is 5.07. The van der Waals surface area contributed by atoms with Crippen molar-refractivity contribution in [1.29, 1.82) is 0 Å². The van der Waals surface area contributed by atoms with Crippen LogP contribution in [0.15, 0.2) is 30.7 Å². The average Bonchev–Trinajstić information content (AvgIpc) is 2.98. The van der Waals surface area contributed by atoms with E-state index in [1.54, 1.807) is 6.20 Å². The number of Topliss-reactive ketones (excluding diaryl/α,β-unsaturated/α-hetero) is 1. The van der Waals surface area contributed by atoms with E-state index in [2.05, 4.69) is 16.9 Å². The summed E-state index contributed by atoms with van der Waals surface area (Å²) >= 11 is 0. The Morgan fingerprint density at radius 3 is 2.75 bits per heavy atom. The predicted octanol–water partition coefficient (Wildman–Crippen LogP) is 2.39. The molecule has 4 nitrogen and oxygen atoms in total. The minimum Gasteiger partial charge on any atom is -0.307 e. The Bertz CT molecular complexity index is 649. The lowest BCUT2D eigenvalue weighted by atomic mass is 9.85. The molecule has 2 atom stereocenters. The number of aromatic nitrogens is 2. The van der Waals surface area contributed by atoms with Crippen molar-refractivity contribution in [2.24, 2.45) is 5.92 Å². The van der Waals surface area contributed by atoms with Crippen LogP contribution in [0.2, 0.25) is 0 Å². The van der Waals surface area contributed by atoms with E-state index in [0.29, 0.717) is 17.9 Å². The van der Waals surface area contributed by atoms with Crippen LogP contribution in [-0.2, 0) is 0 Å². The van der Waals surface area contributed by atoms with Crippen molar-refractivity contribution in [2.45, 2.75) is 37.8 Å². The standard InChI is InChI=1S/C16H19N3O/c1-18-13-2-3-14(18)9-12(8-13)16(20)11-4-6-19-7-5-17-15(19)10-11/h4-7,10,12-14H,2-3,8-9H2,1H3. The molecule has 0 radical (unpaired) electrons. The topological polar surface area (TPSA) is 37.6 Å². The van der Waals surface area contributed by atoms with Gasteiger partial charge in [-0.25, -0.2) is 4.98 Å². The quantitative estimate of drug-likeness (QED) is 0.786. The van der Waals surface area contributed by atoms with E-state index in [4.69, 9.17) is 0 Å². The van der Waals surface area contributed by atoms with Crippen molar-refractivity contribution in [1.82, 2.24) is 14.3 Å². The molecule has 0 aromatic carbocycles. The van der Waals surface area contributed by atoms with Gasteiger partial charge in [0.1, 0.15) is 5.65 Å². The van der Waals surface area contributed by atoms with E-state index >= 15 is 0 Å². The van der Waals surface area contributed by atoms with E-state index in [1.165, 1.54) is 12.8 Å². The first kappa shape index (κ1) is 12.1. The summed E-state index contributed by atoms with van der Waals surface area (Å²) in [5.74, 6) is 0.501. The smallest absolute Gasteiger partial charge is 0.166 e. The van der Waals surface area contributed by atoms with Crippen LogP contribution < -0.4 is 0 Å². The fourth-order valence-electron chi connectivity index (χ4n) is 3.92. The summed E-state index contributed by atoms with van der Waals surface area (Å²) < 4.78 is 1.94. The molecule has 20 heavy (non-hydrogen) atoms. The summed E-state index contributed by atoms with van der Waals surface area (Å²) in [6.45, 7) is 0. The van der Waals surface area contributed by atoms with Gasteiger partial charge in [0, 0.05) is 42.2 Å². The van der Waals surface area contributed by atoms with Crippen LogP contribution in [0.4, 0.5) is 0 Å². The monoisotopic (exact) mass is 269 g/mol. The molecule has 2 bridgehead atoms. The summed E-state index contributed by atoms with van der Waals surface area (Å²) in [6.07, 6.45) is 10.1. The summed E-state index contributed by atoms with van der Waals surface area (Å²) in [5.41, 5.74) is 1.67. The number of carbonyl (C=O) groups excluding carboxylic acids is 1. The average molecular weight is 269 g/mol. The SMILES string of the molecule is CN1C2CCC1CC(C(=O)c1ccn3ccnc3c1)C2. The Morgan fingerprint density at radius 1 is 1.25 bits per heavy atom. The largest absolute Gasteiger partial charge is 0.307 e. The number of ketones is 1. The molecule has 0 aliphatic carbocycles. The lowest BCUT2D eigenvalue weighted by Crippen LogP contribution is -2.42. The number of carbonyl (C=O) groups is 1. The second kappa shape index (κ2) is 4.42. The van der Waals surface area contributed by atoms with Gasteiger partial charge in [-0.1, -0.05) is 0 Å². The third-order valence-corrected chi connectivity index (χ3v) is 5.15. The lowest BCUT2D eigenvalue weighted by molar-refractivity contribution is 0.0767. The third kappa shape index (κ3) is 1.79. The molecule has 4 heterocycles. The van der Waals surface area contributed by atoms with Crippen LogP contribution in [0.1, 0.15) is 36.0 Å². The zero-order chi connectivity index (χ0) is 13.7. The van der Waals surface area contributed by atoms with Gasteiger partial charge in [-0.05, 0) is 44.9 Å². The van der Waals surface area contributed by atoms with Crippen LogP contribution in [0.25, 0.3) is 5.65 Å². The molecular formula is C16H19N3O. The zero-order valence-electron chi connectivity index (χ0n) is 11.7. The van der Waals surface area contributed by atoms with Gasteiger partial charge >= 0.3 is 0 Å². The van der Waals surface area contributed by atoms with Crippen molar-refractivity contribution in [3.8, 4) is 0 Å². The molecule has 0 spiro atoms. The lowest BCUT2D eigenvalue weighted by Gasteiger charge is -2.35. The molecular weight excluding hydrogens is 250 g/mol. The van der Waals surface area contributed by atoms with Crippen LogP contribution in [-0.4, -0.2) is 39.2 Å². The van der Waals surface area contributed by atoms with E-state index in [-0.39, 0.29) is 5.92 Å². The molecule has 2 aliphatic heterocycles. The Morgan fingerprint density at radius 2 is 2.00 bits per heavy atom. The Hall–Kier alpha value is -1.68. The van der Waals surface area contributed by atoms with E-state index in [9.17, 15) is 4.79 Å². The predicted molar refractivity (Wildman–Crippen MR) is 76.8 cm³/mol. The Balaban J connectivity index is 1.60. The van der Waals surface area contributed by atoms with Gasteiger partial charge < -0.3 is 9.30 Å². The number of nitrogens with zero attached hydrogens (tertiary/aromatic N) is 3. The third-order valence-electron chi connectivity index (χ3n) is 5.15. The van der Waals surface area contributed by atoms with Gasteiger partial charge in [0.25, 0.3) is 0 Å². The van der Waals surface area contributed by atoms with Gasteiger partial charge in [-0.2, -0.15) is 0 Å². The molecule has 0 amide bonds. The second-order valence-electron chi connectivity index (χ2n) is 6.19. The first-order valence-electron chi connectivity index (χ1n) is 7.41. The molecule has 2 saturated heterocycles. The number of hydrogen-bond acceptors (Lipinski definition) is 3. The maximum atomic E-state index is 12.7. The zero-order valence-corrected chi connectivity index (χ0v) is 11.7. The second-order valence-corrected chi connectivity index (χ2v) is 6.19. The van der Waals surface area contributed by atoms with Crippen molar-refractivity contribution >= 4 is 11.4 Å². The van der Waals surface area contributed by atoms with Crippen LogP contribution in [0.5, 0.6) is 0 Å². The highest BCUT2D eigenvalue weighted by molar-refractivity contribution is 5.98. The highest BCUT2D eigenvalue weighted by atomic mass is 16.1. The van der Waals surface area contributed by atoms with Gasteiger partial charge in [0.2, 0.25) is 0 Å². The highest BCUT2D eigenvalue weighted by Gasteiger charge is 2.40. The molecule has 2 aromatic rings. The Kier molecular flexibility index (Phi) is 2.67. The summed E-state index contributed by atoms with van der Waals surface area (Å²) in [4.78, 5) is 19.5. The van der Waals surface area contributed by atoms with E-state index in [0.717, 1.165) is 24.1 Å². The number of fused-ring (bicyclic) bond motifs is 3. The molecule has 2 aromatic heterocycles. The first-order chi connectivity index (χ1) is 9.72. The minimum absolute atomic E-state index is 0.195. The van der Waals surface area contributed by atoms with Crippen molar-refractivity contribution in [2.75, 3.05) is 7.05 Å². The molecule has 4 rings (SSSR count). The summed E-state index contributed by atoms with van der Waals surface area (Å²) in [5, 5.41) is 0. The van der Waals surface area contributed by atoms with Crippen LogP contribution in [0, 0.1) is 5.92 Å². The molecule has 104 valence electrons. The molecule has 4 heteroatoms. The molecule has 2 unspecified atom stereocenters. The molecule has 2 fully saturated rings. The number of pyridine rings is 1. The van der Waals surface area contributed by atoms with Crippen molar-refractivity contribution in [3.63, 3.8) is 0 Å². The van der Waals surface area contributed by atoms with E-state index < -0.39 is 0 Å². The fourth-order valence-corrected chi connectivity index (χ4v) is 3.92. The fraction of sp³-hybridized carbons (Fsp3) is 0.500. The van der Waals surface area contributed by atoms with Crippen LogP contribution >= 0.6 is 0 Å². The van der Waals surface area contributed by atoms with E-state index in [1.807, 2.05) is 28.9 Å². The molecule has 2 aliphatic rings. The maximum absolute atomic E-state index is 12.7. The highest BCUT2D eigenvalue weighted by Crippen LogP contribution is 2.38. The maximum Gasteiger partial charge on any atom is 0.166 e. The van der Waals surface area contributed by atoms with Crippen LogP contribution in [0.3, 0.4) is 0 Å².